The Bertz CT molecular complexity index is 319. The van der Waals surface area contributed by atoms with Gasteiger partial charge in [0.15, 0.2) is 6.10 Å². The molecule has 0 aliphatic carbocycles. The van der Waals surface area contributed by atoms with E-state index in [4.69, 9.17) is 5.11 Å². The highest BCUT2D eigenvalue weighted by atomic mass is 19.4. The van der Waals surface area contributed by atoms with E-state index in [1.165, 1.54) is 12.4 Å². The molecule has 15 heavy (non-hydrogen) atoms. The Kier molecular flexibility index (Phi) is 3.38. The predicted molar refractivity (Wildman–Crippen MR) is 48.4 cm³/mol. The largest absolute Gasteiger partial charge is 0.416 e. The number of hydrogen-bond acceptors (Lipinski definition) is 2. The highest BCUT2D eigenvalue weighted by Crippen LogP contribution is 2.21. The van der Waals surface area contributed by atoms with Crippen LogP contribution in [0.2, 0.25) is 0 Å². The molecule has 0 radical (unpaired) electrons. The number of aromatic nitrogens is 2. The van der Waals surface area contributed by atoms with Crippen LogP contribution >= 0.6 is 0 Å². The smallest absolute Gasteiger partial charge is 0.382 e. The van der Waals surface area contributed by atoms with E-state index in [1.807, 2.05) is 13.8 Å². The maximum absolute atomic E-state index is 12.0. The number of hydrogen-bond donors (Lipinski definition) is 1. The van der Waals surface area contributed by atoms with Gasteiger partial charge in [0.1, 0.15) is 0 Å². The standard InChI is InChI=1S/C9H13F3N2O/c1-6(2)7-3-13-14(4-7)5-8(15)9(10,11)12/h3-4,6,8,15H,5H2,1-2H3. The minimum Gasteiger partial charge on any atom is -0.382 e. The topological polar surface area (TPSA) is 38.0 Å². The summed E-state index contributed by atoms with van der Waals surface area (Å²) in [6, 6.07) is 0. The van der Waals surface area contributed by atoms with Gasteiger partial charge in [0.2, 0.25) is 0 Å². The van der Waals surface area contributed by atoms with Gasteiger partial charge in [-0.3, -0.25) is 4.68 Å². The number of aliphatic hydroxyl groups is 1. The molecule has 1 rings (SSSR count). The Balaban J connectivity index is 2.65. The number of halogens is 3. The Morgan fingerprint density at radius 2 is 2.07 bits per heavy atom. The second-order valence-electron chi connectivity index (χ2n) is 3.71. The van der Waals surface area contributed by atoms with Crippen LogP contribution in [0.4, 0.5) is 13.2 Å². The van der Waals surface area contributed by atoms with E-state index in [-0.39, 0.29) is 5.92 Å². The zero-order chi connectivity index (χ0) is 11.6. The van der Waals surface area contributed by atoms with Crippen molar-refractivity contribution in [1.82, 2.24) is 9.78 Å². The fourth-order valence-electron chi connectivity index (χ4n) is 1.06. The van der Waals surface area contributed by atoms with Crippen molar-refractivity contribution in [2.75, 3.05) is 0 Å². The third-order valence-corrected chi connectivity index (χ3v) is 2.06. The van der Waals surface area contributed by atoms with E-state index in [1.54, 1.807) is 0 Å². The van der Waals surface area contributed by atoms with Gasteiger partial charge in [-0.1, -0.05) is 13.8 Å². The molecule has 0 saturated heterocycles. The van der Waals surface area contributed by atoms with E-state index < -0.39 is 18.8 Å². The van der Waals surface area contributed by atoms with Crippen molar-refractivity contribution in [2.45, 2.75) is 38.6 Å². The molecule has 0 spiro atoms. The van der Waals surface area contributed by atoms with Gasteiger partial charge in [-0.15, -0.1) is 0 Å². The molecule has 86 valence electrons. The summed E-state index contributed by atoms with van der Waals surface area (Å²) < 4.78 is 37.1. The maximum atomic E-state index is 12.0. The van der Waals surface area contributed by atoms with Gasteiger partial charge in [0, 0.05) is 6.20 Å². The SMILES string of the molecule is CC(C)c1cnn(CC(O)C(F)(F)F)c1. The molecule has 0 bridgehead atoms. The first kappa shape index (κ1) is 12.0. The lowest BCUT2D eigenvalue weighted by molar-refractivity contribution is -0.208. The average molecular weight is 222 g/mol. The van der Waals surface area contributed by atoms with Gasteiger partial charge >= 0.3 is 6.18 Å². The van der Waals surface area contributed by atoms with Crippen LogP contribution < -0.4 is 0 Å². The van der Waals surface area contributed by atoms with Crippen LogP contribution in [0.5, 0.6) is 0 Å². The highest BCUT2D eigenvalue weighted by Gasteiger charge is 2.38. The summed E-state index contributed by atoms with van der Waals surface area (Å²) >= 11 is 0. The third-order valence-electron chi connectivity index (χ3n) is 2.06. The predicted octanol–water partition coefficient (Wildman–Crippen LogP) is 1.93. The normalized spacial score (nSPS) is 14.6. The van der Waals surface area contributed by atoms with E-state index in [0.29, 0.717) is 0 Å². The third kappa shape index (κ3) is 3.23. The molecule has 1 heterocycles. The summed E-state index contributed by atoms with van der Waals surface area (Å²) in [4.78, 5) is 0. The van der Waals surface area contributed by atoms with Crippen LogP contribution in [0.15, 0.2) is 12.4 Å². The van der Waals surface area contributed by atoms with Gasteiger partial charge < -0.3 is 5.11 Å². The van der Waals surface area contributed by atoms with E-state index in [2.05, 4.69) is 5.10 Å². The van der Waals surface area contributed by atoms with Crippen LogP contribution in [0.3, 0.4) is 0 Å². The molecule has 1 unspecified atom stereocenters. The molecular formula is C9H13F3N2O. The Morgan fingerprint density at radius 1 is 1.47 bits per heavy atom. The first-order chi connectivity index (χ1) is 6.80. The molecule has 0 aromatic carbocycles. The molecule has 1 aromatic heterocycles. The number of alkyl halides is 3. The monoisotopic (exact) mass is 222 g/mol. The zero-order valence-corrected chi connectivity index (χ0v) is 8.49. The molecule has 0 amide bonds. The number of aliphatic hydroxyl groups excluding tert-OH is 1. The molecule has 0 fully saturated rings. The molecule has 6 heteroatoms. The lowest BCUT2D eigenvalue weighted by Gasteiger charge is -2.13. The molecule has 3 nitrogen and oxygen atoms in total. The van der Waals surface area contributed by atoms with Crippen molar-refractivity contribution in [3.05, 3.63) is 18.0 Å². The molecule has 0 aliphatic heterocycles. The van der Waals surface area contributed by atoms with Crippen molar-refractivity contribution < 1.29 is 18.3 Å². The lowest BCUT2D eigenvalue weighted by Crippen LogP contribution is -2.32. The van der Waals surface area contributed by atoms with Crippen LogP contribution in [0.1, 0.15) is 25.3 Å². The fraction of sp³-hybridized carbons (Fsp3) is 0.667. The van der Waals surface area contributed by atoms with Gasteiger partial charge in [-0.05, 0) is 11.5 Å². The molecule has 1 aromatic rings. The minimum absolute atomic E-state index is 0.210. The molecule has 1 N–H and O–H groups in total. The second kappa shape index (κ2) is 4.22. The first-order valence-electron chi connectivity index (χ1n) is 4.58. The highest BCUT2D eigenvalue weighted by molar-refractivity contribution is 5.08. The van der Waals surface area contributed by atoms with Crippen LogP contribution in [0, 0.1) is 0 Å². The van der Waals surface area contributed by atoms with Crippen molar-refractivity contribution in [1.29, 1.82) is 0 Å². The van der Waals surface area contributed by atoms with Crippen LogP contribution in [0.25, 0.3) is 0 Å². The molecule has 1 atom stereocenters. The summed E-state index contributed by atoms with van der Waals surface area (Å²) in [6.07, 6.45) is -3.94. The Labute approximate surface area is 85.5 Å². The van der Waals surface area contributed by atoms with E-state index in [9.17, 15) is 13.2 Å². The quantitative estimate of drug-likeness (QED) is 0.848. The Morgan fingerprint density at radius 3 is 2.47 bits per heavy atom. The van der Waals surface area contributed by atoms with Crippen molar-refractivity contribution in [2.24, 2.45) is 0 Å². The zero-order valence-electron chi connectivity index (χ0n) is 8.49. The molecular weight excluding hydrogens is 209 g/mol. The van der Waals surface area contributed by atoms with Gasteiger partial charge in [0.05, 0.1) is 12.7 Å². The summed E-state index contributed by atoms with van der Waals surface area (Å²) in [5.41, 5.74) is 0.851. The summed E-state index contributed by atoms with van der Waals surface area (Å²) in [5, 5.41) is 12.5. The fourth-order valence-corrected chi connectivity index (χ4v) is 1.06. The number of rotatable bonds is 3. The van der Waals surface area contributed by atoms with Gasteiger partial charge in [0.25, 0.3) is 0 Å². The maximum Gasteiger partial charge on any atom is 0.416 e. The van der Waals surface area contributed by atoms with Crippen molar-refractivity contribution >= 4 is 0 Å². The molecule has 0 aliphatic rings. The van der Waals surface area contributed by atoms with Crippen molar-refractivity contribution in [3.63, 3.8) is 0 Å². The van der Waals surface area contributed by atoms with Crippen LogP contribution in [-0.2, 0) is 6.54 Å². The molecule has 0 saturated carbocycles. The van der Waals surface area contributed by atoms with Crippen LogP contribution in [-0.4, -0.2) is 27.2 Å². The average Bonchev–Trinajstić information content (AvgIpc) is 2.50. The van der Waals surface area contributed by atoms with Gasteiger partial charge in [-0.2, -0.15) is 18.3 Å². The Hall–Kier alpha value is -1.04. The minimum atomic E-state index is -4.59. The van der Waals surface area contributed by atoms with E-state index in [0.717, 1.165) is 10.2 Å². The summed E-state index contributed by atoms with van der Waals surface area (Å²) in [7, 11) is 0. The van der Waals surface area contributed by atoms with E-state index >= 15 is 0 Å². The van der Waals surface area contributed by atoms with Gasteiger partial charge in [-0.25, -0.2) is 0 Å². The summed E-state index contributed by atoms with van der Waals surface area (Å²) in [5.74, 6) is 0.210. The van der Waals surface area contributed by atoms with Crippen molar-refractivity contribution in [3.8, 4) is 0 Å². The second-order valence-corrected chi connectivity index (χ2v) is 3.71. The summed E-state index contributed by atoms with van der Waals surface area (Å²) in [6.45, 7) is 3.28. The number of nitrogens with zero attached hydrogens (tertiary/aromatic N) is 2. The first-order valence-corrected chi connectivity index (χ1v) is 4.58. The lowest BCUT2D eigenvalue weighted by atomic mass is 10.1.